The number of halogens is 3. The molecular weight excluding hydrogens is 1060 g/mol. The van der Waals surface area contributed by atoms with Crippen LogP contribution in [0.25, 0.3) is 0 Å². The number of benzene rings is 3. The van der Waals surface area contributed by atoms with Crippen LogP contribution in [0.5, 0.6) is 0 Å². The van der Waals surface area contributed by atoms with Gasteiger partial charge in [-0.2, -0.15) is 0 Å². The summed E-state index contributed by atoms with van der Waals surface area (Å²) in [6.45, 7) is 20.2. The first kappa shape index (κ1) is 59.0. The third kappa shape index (κ3) is 12.3. The van der Waals surface area contributed by atoms with E-state index in [0.717, 1.165) is 166 Å². The van der Waals surface area contributed by atoms with Gasteiger partial charge in [0, 0.05) is 60.6 Å². The Hall–Kier alpha value is -5.40. The fraction of sp³-hybridized carbons (Fsp3) is 0.620. The number of allylic oxidation sites excluding steroid dienone is 6. The highest BCUT2D eigenvalue weighted by Crippen LogP contribution is 2.52. The van der Waals surface area contributed by atoms with Gasteiger partial charge in [0.15, 0.2) is 0 Å². The first-order valence-electron chi connectivity index (χ1n) is 32.3. The van der Waals surface area contributed by atoms with Crippen molar-refractivity contribution in [3.8, 4) is 0 Å². The van der Waals surface area contributed by atoms with Crippen molar-refractivity contribution < 1.29 is 37.0 Å². The van der Waals surface area contributed by atoms with Gasteiger partial charge in [-0.3, -0.25) is 9.80 Å². The molecule has 5 heterocycles. The van der Waals surface area contributed by atoms with E-state index in [1.165, 1.54) is 69.3 Å². The molecule has 6 bridgehead atoms. The number of carbonyl (C=O) groups is 3. The minimum Gasteiger partial charge on any atom is -0.443 e. The van der Waals surface area contributed by atoms with Gasteiger partial charge in [-0.05, 0) is 263 Å². The molecular formula is C71H92F3N5O5. The molecule has 3 aromatic rings. The lowest BCUT2D eigenvalue weighted by atomic mass is 9.71. The van der Waals surface area contributed by atoms with E-state index >= 15 is 0 Å². The van der Waals surface area contributed by atoms with E-state index < -0.39 is 11.2 Å². The molecule has 13 heteroatoms. The van der Waals surface area contributed by atoms with Crippen molar-refractivity contribution in [3.63, 3.8) is 0 Å². The number of fused-ring (bicyclic) bond motifs is 12. The van der Waals surface area contributed by atoms with E-state index in [1.54, 1.807) is 46.2 Å². The van der Waals surface area contributed by atoms with Gasteiger partial charge in [0.1, 0.15) is 34.9 Å². The Balaban J connectivity index is 0.000000116. The summed E-state index contributed by atoms with van der Waals surface area (Å²) < 4.78 is 52.8. The van der Waals surface area contributed by atoms with E-state index in [0.29, 0.717) is 24.9 Å². The van der Waals surface area contributed by atoms with Crippen molar-refractivity contribution in [1.29, 1.82) is 0 Å². The molecule has 3 aromatic carbocycles. The number of ether oxygens (including phenoxy) is 2. The number of aldehydes is 1. The highest BCUT2D eigenvalue weighted by molar-refractivity contribution is 5.92. The topological polar surface area (TPSA) is 94.7 Å². The highest BCUT2D eigenvalue weighted by atomic mass is 19.1. The SMILES string of the molecule is CC(C)(C)OC(=O)N1CC2(CCCCC2)c2cc(F)ccc21.CC(C)(C)OC(=O)N1CC2(CCN(C[C@@H]3C[C@@H]4C=C[C@H]3C4)CC2)c2cc(F)ccc21.Fc1ccc2c(c1)C1(CCN(C[C@@H]3C[C@@H]4C=C[C@H]3C4)CC1)CN2.O=C[C@@H]1C[C@@H]2C=C[C@H]1C2. The Kier molecular flexibility index (Phi) is 16.4. The van der Waals surface area contributed by atoms with Crippen molar-refractivity contribution in [1.82, 2.24) is 9.80 Å². The average molecular weight is 1150 g/mol. The minimum absolute atomic E-state index is 0.0907. The van der Waals surface area contributed by atoms with Crippen molar-refractivity contribution in [2.45, 2.75) is 165 Å². The second-order valence-corrected chi connectivity index (χ2v) is 29.7. The summed E-state index contributed by atoms with van der Waals surface area (Å²) >= 11 is 0. The summed E-state index contributed by atoms with van der Waals surface area (Å²) in [6, 6.07) is 14.9. The van der Waals surface area contributed by atoms with Crippen LogP contribution in [0.1, 0.15) is 155 Å². The number of likely N-dealkylation sites (tertiary alicyclic amines) is 2. The predicted octanol–water partition coefficient (Wildman–Crippen LogP) is 15.1. The third-order valence-corrected chi connectivity index (χ3v) is 21.7. The first-order chi connectivity index (χ1) is 40.1. The molecule has 7 aliphatic carbocycles. The molecule has 5 aliphatic heterocycles. The van der Waals surface area contributed by atoms with Crippen LogP contribution in [0, 0.1) is 70.7 Å². The zero-order valence-corrected chi connectivity index (χ0v) is 50.9. The quantitative estimate of drug-likeness (QED) is 0.199. The lowest BCUT2D eigenvalue weighted by molar-refractivity contribution is -0.111. The Labute approximate surface area is 498 Å². The molecule has 9 atom stereocenters. The number of piperidine rings is 2. The van der Waals surface area contributed by atoms with Gasteiger partial charge < -0.3 is 29.4 Å². The van der Waals surface area contributed by atoms with Gasteiger partial charge in [-0.15, -0.1) is 0 Å². The Morgan fingerprint density at radius 3 is 1.37 bits per heavy atom. The molecule has 84 heavy (non-hydrogen) atoms. The highest BCUT2D eigenvalue weighted by Gasteiger charge is 2.50. The normalized spacial score (nSPS) is 30.1. The molecule has 6 fully saturated rings. The summed E-state index contributed by atoms with van der Waals surface area (Å²) in [4.78, 5) is 44.5. The number of nitrogens with one attached hydrogen (secondary N) is 1. The molecule has 10 nitrogen and oxygen atoms in total. The van der Waals surface area contributed by atoms with Gasteiger partial charge in [0.25, 0.3) is 0 Å². The maximum absolute atomic E-state index is 14.2. The fourth-order valence-corrected chi connectivity index (χ4v) is 17.4. The molecule has 1 N–H and O–H groups in total. The molecule has 2 saturated heterocycles. The molecule has 3 spiro atoms. The number of nitrogens with zero attached hydrogens (tertiary/aromatic N) is 4. The third-order valence-electron chi connectivity index (χ3n) is 21.7. The van der Waals surface area contributed by atoms with Crippen molar-refractivity contribution in [3.05, 3.63) is 125 Å². The van der Waals surface area contributed by atoms with E-state index in [-0.39, 0.29) is 45.9 Å². The van der Waals surface area contributed by atoms with E-state index in [9.17, 15) is 27.6 Å². The molecule has 0 radical (unpaired) electrons. The maximum Gasteiger partial charge on any atom is 0.414 e. The van der Waals surface area contributed by atoms with Crippen LogP contribution in [0.15, 0.2) is 91.1 Å². The lowest BCUT2D eigenvalue weighted by Gasteiger charge is -2.41. The molecule has 2 amide bonds. The van der Waals surface area contributed by atoms with E-state index in [1.807, 2.05) is 47.6 Å². The summed E-state index contributed by atoms with van der Waals surface area (Å²) in [5, 5.41) is 3.50. The molecule has 452 valence electrons. The van der Waals surface area contributed by atoms with Crippen LogP contribution < -0.4 is 15.1 Å². The smallest absolute Gasteiger partial charge is 0.414 e. The monoisotopic (exact) mass is 1150 g/mol. The van der Waals surface area contributed by atoms with E-state index in [2.05, 4.69) is 51.6 Å². The number of hydrogen-bond acceptors (Lipinski definition) is 8. The average Bonchev–Trinajstić information content (AvgIpc) is 1.92. The molecule has 4 saturated carbocycles. The number of amides is 2. The molecule has 0 unspecified atom stereocenters. The summed E-state index contributed by atoms with van der Waals surface area (Å²) in [7, 11) is 0. The second-order valence-electron chi connectivity index (χ2n) is 29.7. The van der Waals surface area contributed by atoms with Crippen molar-refractivity contribution >= 4 is 35.5 Å². The fourth-order valence-electron chi connectivity index (χ4n) is 17.4. The lowest BCUT2D eigenvalue weighted by Crippen LogP contribution is -2.47. The van der Waals surface area contributed by atoms with Gasteiger partial charge in [-0.1, -0.05) is 55.7 Å². The van der Waals surface area contributed by atoms with Crippen LogP contribution in [0.2, 0.25) is 0 Å². The van der Waals surface area contributed by atoms with Gasteiger partial charge in [0.2, 0.25) is 0 Å². The summed E-state index contributed by atoms with van der Waals surface area (Å²) in [6.07, 6.45) is 32.2. The number of hydrogen-bond donors (Lipinski definition) is 1. The number of carbonyl (C=O) groups excluding carboxylic acids is 3. The maximum atomic E-state index is 14.2. The molecule has 12 aliphatic rings. The number of rotatable bonds is 5. The minimum atomic E-state index is -0.550. The van der Waals surface area contributed by atoms with Gasteiger partial charge >= 0.3 is 12.2 Å². The van der Waals surface area contributed by atoms with Crippen LogP contribution in [-0.4, -0.2) is 98.4 Å². The Morgan fingerprint density at radius 2 is 0.964 bits per heavy atom. The van der Waals surface area contributed by atoms with E-state index in [4.69, 9.17) is 9.47 Å². The second kappa shape index (κ2) is 23.4. The summed E-state index contributed by atoms with van der Waals surface area (Å²) in [5.74, 6) is 6.13. The molecule has 15 rings (SSSR count). The van der Waals surface area contributed by atoms with Crippen LogP contribution >= 0.6 is 0 Å². The van der Waals surface area contributed by atoms with Crippen molar-refractivity contribution in [2.24, 2.45) is 53.3 Å². The first-order valence-corrected chi connectivity index (χ1v) is 32.3. The number of anilines is 3. The van der Waals surface area contributed by atoms with Crippen LogP contribution in [0.3, 0.4) is 0 Å². The largest absolute Gasteiger partial charge is 0.443 e. The molecule has 0 aromatic heterocycles. The van der Waals surface area contributed by atoms with Gasteiger partial charge in [0.05, 0.1) is 11.4 Å². The van der Waals surface area contributed by atoms with Crippen LogP contribution in [0.4, 0.5) is 39.8 Å². The zero-order valence-electron chi connectivity index (χ0n) is 50.9. The van der Waals surface area contributed by atoms with Crippen molar-refractivity contribution in [2.75, 3.05) is 74.0 Å². The van der Waals surface area contributed by atoms with Crippen LogP contribution in [-0.2, 0) is 30.5 Å². The zero-order chi connectivity index (χ0) is 58.8. The Bertz CT molecular complexity index is 3010. The standard InChI is InChI=1S/C25H33FN2O2.C20H25FN2.C18H24FNO2.C8H10O/c1-24(2,3)30-23(29)28-16-25(21-14-20(26)6-7-22(21)28)8-10-27(11-9-25)15-19-13-17-4-5-18(19)12-17;21-17-3-4-19-18(11-17)20(13-22-19)5-7-23(8-6-20)12-16-10-14-1-2-15(16)9-14;1-17(2,3)22-16(21)20-12-18(9-5-4-6-10-18)14-11-13(19)7-8-15(14)20;9-5-8-4-6-1-2-7(8)3-6/h4-7,14,17-19H,8-13,15-16H2,1-3H3;1-4,11,14-16,22H,5-10,12-13H2;7-8,11H,4-6,9-10,12H2,1-3H3;1-2,5-8H,3-4H2/t17-,18+,19+;14-,15+,16+;;6-,7+,8+/m11.1/s1. The predicted molar refractivity (Wildman–Crippen MR) is 327 cm³/mol. The Morgan fingerprint density at radius 1 is 0.536 bits per heavy atom. The van der Waals surface area contributed by atoms with Gasteiger partial charge in [-0.25, -0.2) is 22.8 Å². The summed E-state index contributed by atoms with van der Waals surface area (Å²) in [5.41, 5.74) is 4.81.